The number of amides is 1. The number of carbonyl (C=O) groups is 1. The van der Waals surface area contributed by atoms with Gasteiger partial charge in [0.25, 0.3) is 0 Å². The van der Waals surface area contributed by atoms with Gasteiger partial charge in [-0.25, -0.2) is 4.39 Å². The smallest absolute Gasteiger partial charge is 0.225 e. The van der Waals surface area contributed by atoms with E-state index in [-0.39, 0.29) is 17.6 Å². The summed E-state index contributed by atoms with van der Waals surface area (Å²) in [6.45, 7) is 0. The molecule has 0 bridgehead atoms. The number of thiophene rings is 1. The van der Waals surface area contributed by atoms with Gasteiger partial charge in [-0.3, -0.25) is 4.79 Å². The number of anilines is 1. The van der Waals surface area contributed by atoms with Crippen molar-refractivity contribution in [2.75, 3.05) is 5.32 Å². The Hall–Kier alpha value is -1.68. The van der Waals surface area contributed by atoms with Crippen LogP contribution >= 0.6 is 11.3 Å². The highest BCUT2D eigenvalue weighted by molar-refractivity contribution is 7.10. The summed E-state index contributed by atoms with van der Waals surface area (Å²) in [4.78, 5) is 12.7. The largest absolute Gasteiger partial charge is 0.323 e. The Morgan fingerprint density at radius 3 is 2.94 bits per heavy atom. The fraction of sp³-hybridized carbons (Fsp3) is 0.154. The maximum atomic E-state index is 13.6. The van der Waals surface area contributed by atoms with Crippen LogP contribution in [0.1, 0.15) is 22.8 Å². The van der Waals surface area contributed by atoms with Gasteiger partial charge in [-0.1, -0.05) is 18.2 Å². The predicted octanol–water partition coefficient (Wildman–Crippen LogP) is 3.36. The third-order valence-corrected chi connectivity index (χ3v) is 3.95. The van der Waals surface area contributed by atoms with Crippen LogP contribution in [0.3, 0.4) is 0 Å². The number of nitrogens with one attached hydrogen (secondary N) is 1. The van der Waals surface area contributed by atoms with E-state index in [2.05, 4.69) is 5.32 Å². The molecule has 0 spiro atoms. The van der Waals surface area contributed by atoms with E-state index in [1.54, 1.807) is 17.4 Å². The summed E-state index contributed by atoms with van der Waals surface area (Å²) in [6, 6.07) is 8.87. The first-order chi connectivity index (χ1) is 8.25. The molecule has 2 heterocycles. The summed E-state index contributed by atoms with van der Waals surface area (Å²) in [5.74, 6) is -0.507. The van der Waals surface area contributed by atoms with Crippen molar-refractivity contribution in [3.05, 3.63) is 52.0 Å². The molecule has 2 nitrogen and oxygen atoms in total. The zero-order valence-electron chi connectivity index (χ0n) is 8.94. The molecule has 1 aromatic carbocycles. The lowest BCUT2D eigenvalue weighted by Gasteiger charge is -2.25. The molecule has 1 aliphatic rings. The number of benzene rings is 1. The molecule has 0 saturated carbocycles. The van der Waals surface area contributed by atoms with Crippen molar-refractivity contribution in [1.82, 2.24) is 0 Å². The van der Waals surface area contributed by atoms with Crippen molar-refractivity contribution in [2.24, 2.45) is 0 Å². The molecule has 0 aliphatic carbocycles. The van der Waals surface area contributed by atoms with Gasteiger partial charge in [0, 0.05) is 17.2 Å². The molecule has 1 atom stereocenters. The monoisotopic (exact) mass is 247 g/mol. The molecule has 1 N–H and O–H groups in total. The standard InChI is InChI=1S/C13H10FNOS/c14-10-4-1-3-8-9(11-5-2-6-17-11)7-12(16)15-13(8)10/h1-6,9H,7H2,(H,15,16). The van der Waals surface area contributed by atoms with Crippen LogP contribution < -0.4 is 5.32 Å². The Bertz CT molecular complexity index is 565. The van der Waals surface area contributed by atoms with Crippen molar-refractivity contribution >= 4 is 22.9 Å². The van der Waals surface area contributed by atoms with Crippen LogP contribution in [0.15, 0.2) is 35.7 Å². The Morgan fingerprint density at radius 2 is 2.18 bits per heavy atom. The van der Waals surface area contributed by atoms with Crippen LogP contribution in [0.5, 0.6) is 0 Å². The van der Waals surface area contributed by atoms with Crippen molar-refractivity contribution < 1.29 is 9.18 Å². The number of para-hydroxylation sites is 1. The number of halogens is 1. The van der Waals surface area contributed by atoms with Crippen molar-refractivity contribution in [2.45, 2.75) is 12.3 Å². The number of rotatable bonds is 1. The molecule has 86 valence electrons. The van der Waals surface area contributed by atoms with Crippen LogP contribution in [0.25, 0.3) is 0 Å². The van der Waals surface area contributed by atoms with E-state index in [4.69, 9.17) is 0 Å². The zero-order chi connectivity index (χ0) is 11.8. The van der Waals surface area contributed by atoms with Gasteiger partial charge in [-0.15, -0.1) is 11.3 Å². The molecular formula is C13H10FNOS. The fourth-order valence-electron chi connectivity index (χ4n) is 2.19. The van der Waals surface area contributed by atoms with Crippen molar-refractivity contribution in [3.8, 4) is 0 Å². The Labute approximate surface area is 102 Å². The third kappa shape index (κ3) is 1.74. The second kappa shape index (κ2) is 3.96. The molecular weight excluding hydrogens is 237 g/mol. The molecule has 17 heavy (non-hydrogen) atoms. The van der Waals surface area contributed by atoms with Crippen molar-refractivity contribution in [3.63, 3.8) is 0 Å². The van der Waals surface area contributed by atoms with Gasteiger partial charge in [0.1, 0.15) is 5.82 Å². The lowest BCUT2D eigenvalue weighted by atomic mass is 9.89. The zero-order valence-corrected chi connectivity index (χ0v) is 9.76. The third-order valence-electron chi connectivity index (χ3n) is 2.96. The number of hydrogen-bond donors (Lipinski definition) is 1. The summed E-state index contributed by atoms with van der Waals surface area (Å²) in [7, 11) is 0. The van der Waals surface area contributed by atoms with E-state index in [1.165, 1.54) is 6.07 Å². The van der Waals surface area contributed by atoms with Crippen LogP contribution in [0, 0.1) is 5.82 Å². The number of carbonyl (C=O) groups excluding carboxylic acids is 1. The van der Waals surface area contributed by atoms with Gasteiger partial charge in [-0.05, 0) is 23.1 Å². The van der Waals surface area contributed by atoms with Gasteiger partial charge in [0.2, 0.25) is 5.91 Å². The Morgan fingerprint density at radius 1 is 1.29 bits per heavy atom. The molecule has 0 saturated heterocycles. The van der Waals surface area contributed by atoms with Crippen molar-refractivity contribution in [1.29, 1.82) is 0 Å². The normalized spacial score (nSPS) is 18.6. The van der Waals surface area contributed by atoms with Gasteiger partial charge < -0.3 is 5.32 Å². The fourth-order valence-corrected chi connectivity index (χ4v) is 3.04. The first-order valence-corrected chi connectivity index (χ1v) is 6.25. The summed E-state index contributed by atoms with van der Waals surface area (Å²) in [5.41, 5.74) is 1.20. The van der Waals surface area contributed by atoms with Crippen LogP contribution in [-0.4, -0.2) is 5.91 Å². The van der Waals surface area contributed by atoms with E-state index in [9.17, 15) is 9.18 Å². The summed E-state index contributed by atoms with van der Waals surface area (Å²) in [6.07, 6.45) is 0.386. The van der Waals surface area contributed by atoms with E-state index >= 15 is 0 Å². The Balaban J connectivity index is 2.15. The summed E-state index contributed by atoms with van der Waals surface area (Å²) < 4.78 is 13.6. The lowest BCUT2D eigenvalue weighted by Crippen LogP contribution is -2.24. The second-order valence-corrected chi connectivity index (χ2v) is 5.00. The molecule has 4 heteroatoms. The van der Waals surface area contributed by atoms with Crippen LogP contribution in [-0.2, 0) is 4.79 Å². The predicted molar refractivity (Wildman–Crippen MR) is 65.8 cm³/mol. The molecule has 0 radical (unpaired) electrons. The quantitative estimate of drug-likeness (QED) is 0.822. The number of fused-ring (bicyclic) bond motifs is 1. The first kappa shape index (κ1) is 10.5. The minimum atomic E-state index is -0.364. The average Bonchev–Trinajstić information content (AvgIpc) is 2.83. The molecule has 1 amide bonds. The highest BCUT2D eigenvalue weighted by Crippen LogP contribution is 2.39. The second-order valence-electron chi connectivity index (χ2n) is 4.02. The number of hydrogen-bond acceptors (Lipinski definition) is 2. The SMILES string of the molecule is O=C1CC(c2cccs2)c2cccc(F)c2N1. The maximum absolute atomic E-state index is 13.6. The van der Waals surface area contributed by atoms with Crippen LogP contribution in [0.4, 0.5) is 10.1 Å². The Kier molecular flexibility index (Phi) is 2.44. The van der Waals surface area contributed by atoms with Gasteiger partial charge in [-0.2, -0.15) is 0 Å². The topological polar surface area (TPSA) is 29.1 Å². The summed E-state index contributed by atoms with van der Waals surface area (Å²) >= 11 is 1.60. The van der Waals surface area contributed by atoms with E-state index in [0.29, 0.717) is 12.1 Å². The average molecular weight is 247 g/mol. The van der Waals surface area contributed by atoms with Gasteiger partial charge in [0.05, 0.1) is 5.69 Å². The lowest BCUT2D eigenvalue weighted by molar-refractivity contribution is -0.116. The molecule has 3 rings (SSSR count). The van der Waals surface area contributed by atoms with Gasteiger partial charge in [0.15, 0.2) is 0 Å². The van der Waals surface area contributed by atoms with Crippen LogP contribution in [0.2, 0.25) is 0 Å². The minimum Gasteiger partial charge on any atom is -0.323 e. The molecule has 1 aliphatic heterocycles. The van der Waals surface area contributed by atoms with E-state index in [0.717, 1.165) is 10.4 Å². The molecule has 2 aromatic rings. The molecule has 0 fully saturated rings. The minimum absolute atomic E-state index is 0.0190. The first-order valence-electron chi connectivity index (χ1n) is 5.37. The molecule has 1 unspecified atom stereocenters. The van der Waals surface area contributed by atoms with E-state index < -0.39 is 0 Å². The molecule has 1 aromatic heterocycles. The summed E-state index contributed by atoms with van der Waals surface area (Å²) in [5, 5.41) is 4.58. The highest BCUT2D eigenvalue weighted by atomic mass is 32.1. The van der Waals surface area contributed by atoms with E-state index in [1.807, 2.05) is 23.6 Å². The van der Waals surface area contributed by atoms with Gasteiger partial charge >= 0.3 is 0 Å². The highest BCUT2D eigenvalue weighted by Gasteiger charge is 2.28. The maximum Gasteiger partial charge on any atom is 0.225 e.